The standard InChI is InChI=1S/C13H12N4O2S/c14-7-9(8-16-13-15-5-6-20-13)12(19)17-10-3-1-2-4-11(10)18/h1-4,8,18H,5-6H2,(H,15,16)(H,17,19)/b9-8-. The summed E-state index contributed by atoms with van der Waals surface area (Å²) in [7, 11) is 0. The average molecular weight is 288 g/mol. The van der Waals surface area contributed by atoms with E-state index in [4.69, 9.17) is 5.26 Å². The summed E-state index contributed by atoms with van der Waals surface area (Å²) in [6.45, 7) is 0.729. The number of amidine groups is 1. The van der Waals surface area contributed by atoms with E-state index in [1.54, 1.807) is 24.3 Å². The highest BCUT2D eigenvalue weighted by Gasteiger charge is 2.12. The topological polar surface area (TPSA) is 97.5 Å². The Bertz CT molecular complexity index is 619. The van der Waals surface area contributed by atoms with Gasteiger partial charge in [-0.05, 0) is 12.1 Å². The van der Waals surface area contributed by atoms with Crippen LogP contribution >= 0.6 is 11.8 Å². The second-order valence-electron chi connectivity index (χ2n) is 3.82. The molecule has 1 aliphatic rings. The number of benzene rings is 1. The summed E-state index contributed by atoms with van der Waals surface area (Å²) in [5, 5.41) is 24.5. The number of hydrogen-bond donors (Lipinski definition) is 3. The van der Waals surface area contributed by atoms with Crippen LogP contribution in [0.2, 0.25) is 0 Å². The smallest absolute Gasteiger partial charge is 0.267 e. The van der Waals surface area contributed by atoms with Gasteiger partial charge in [0.25, 0.3) is 5.91 Å². The van der Waals surface area contributed by atoms with Gasteiger partial charge < -0.3 is 15.7 Å². The predicted molar refractivity (Wildman–Crippen MR) is 78.3 cm³/mol. The average Bonchev–Trinajstić information content (AvgIpc) is 2.95. The summed E-state index contributed by atoms with van der Waals surface area (Å²) in [6, 6.07) is 8.12. The summed E-state index contributed by atoms with van der Waals surface area (Å²) in [6.07, 6.45) is 1.31. The van der Waals surface area contributed by atoms with Gasteiger partial charge >= 0.3 is 0 Å². The summed E-state index contributed by atoms with van der Waals surface area (Å²) < 4.78 is 0. The number of carbonyl (C=O) groups is 1. The number of anilines is 1. The van der Waals surface area contributed by atoms with Crippen LogP contribution < -0.4 is 10.6 Å². The fourth-order valence-electron chi connectivity index (χ4n) is 1.47. The number of carbonyl (C=O) groups excluding carboxylic acids is 1. The minimum absolute atomic E-state index is 0.0539. The molecule has 0 aliphatic carbocycles. The number of rotatable bonds is 3. The lowest BCUT2D eigenvalue weighted by Crippen LogP contribution is -2.18. The van der Waals surface area contributed by atoms with Gasteiger partial charge in [0, 0.05) is 12.0 Å². The number of nitrogens with zero attached hydrogens (tertiary/aromatic N) is 2. The van der Waals surface area contributed by atoms with E-state index in [1.807, 2.05) is 0 Å². The molecule has 0 saturated heterocycles. The third-order valence-electron chi connectivity index (χ3n) is 2.44. The summed E-state index contributed by atoms with van der Waals surface area (Å²) >= 11 is 1.53. The van der Waals surface area contributed by atoms with Gasteiger partial charge in [0.05, 0.1) is 12.2 Å². The van der Waals surface area contributed by atoms with E-state index in [9.17, 15) is 9.90 Å². The van der Waals surface area contributed by atoms with Crippen molar-refractivity contribution < 1.29 is 9.90 Å². The zero-order valence-corrected chi connectivity index (χ0v) is 11.3. The van der Waals surface area contributed by atoms with Crippen LogP contribution in [0.5, 0.6) is 5.75 Å². The van der Waals surface area contributed by atoms with Crippen molar-refractivity contribution in [2.24, 2.45) is 4.99 Å². The number of para-hydroxylation sites is 2. The number of nitriles is 1. The summed E-state index contributed by atoms with van der Waals surface area (Å²) in [5.74, 6) is 0.245. The van der Waals surface area contributed by atoms with Gasteiger partial charge in [0.2, 0.25) is 0 Å². The molecular formula is C13H12N4O2S. The molecular weight excluding hydrogens is 276 g/mol. The molecule has 0 saturated carbocycles. The summed E-state index contributed by atoms with van der Waals surface area (Å²) in [4.78, 5) is 16.0. The highest BCUT2D eigenvalue weighted by Crippen LogP contribution is 2.21. The lowest BCUT2D eigenvalue weighted by molar-refractivity contribution is -0.112. The highest BCUT2D eigenvalue weighted by atomic mass is 32.2. The number of aromatic hydroxyl groups is 1. The highest BCUT2D eigenvalue weighted by molar-refractivity contribution is 8.14. The molecule has 0 spiro atoms. The number of phenolic OH excluding ortho intramolecular Hbond substituents is 1. The van der Waals surface area contributed by atoms with E-state index < -0.39 is 5.91 Å². The first-order chi connectivity index (χ1) is 9.70. The molecule has 3 N–H and O–H groups in total. The van der Waals surface area contributed by atoms with Crippen molar-refractivity contribution in [3.05, 3.63) is 36.0 Å². The van der Waals surface area contributed by atoms with Crippen LogP contribution in [0.25, 0.3) is 0 Å². The zero-order chi connectivity index (χ0) is 14.4. The largest absolute Gasteiger partial charge is 0.506 e. The van der Waals surface area contributed by atoms with Crippen LogP contribution in [0.4, 0.5) is 5.69 Å². The zero-order valence-electron chi connectivity index (χ0n) is 10.5. The molecule has 0 unspecified atom stereocenters. The molecule has 102 valence electrons. The monoisotopic (exact) mass is 288 g/mol. The Hall–Kier alpha value is -2.46. The molecule has 2 rings (SSSR count). The van der Waals surface area contributed by atoms with E-state index in [-0.39, 0.29) is 17.0 Å². The SMILES string of the molecule is N#C/C(=C/NC1=NCCS1)C(=O)Nc1ccccc1O. The second kappa shape index (κ2) is 6.63. The number of nitrogens with one attached hydrogen (secondary N) is 2. The maximum atomic E-state index is 11.9. The van der Waals surface area contributed by atoms with Gasteiger partial charge in [0.15, 0.2) is 5.17 Å². The number of aliphatic imine (C=N–C) groups is 1. The van der Waals surface area contributed by atoms with E-state index >= 15 is 0 Å². The van der Waals surface area contributed by atoms with Gasteiger partial charge in [-0.25, -0.2) is 0 Å². The molecule has 1 aromatic carbocycles. The van der Waals surface area contributed by atoms with Gasteiger partial charge in [-0.3, -0.25) is 9.79 Å². The molecule has 20 heavy (non-hydrogen) atoms. The third-order valence-corrected chi connectivity index (χ3v) is 3.35. The van der Waals surface area contributed by atoms with Gasteiger partial charge in [-0.1, -0.05) is 23.9 Å². The molecule has 0 bridgehead atoms. The Labute approximate surface area is 120 Å². The predicted octanol–water partition coefficient (Wildman–Crippen LogP) is 1.43. The lowest BCUT2D eigenvalue weighted by atomic mass is 10.2. The molecule has 1 amide bonds. The number of phenols is 1. The minimum atomic E-state index is -0.593. The molecule has 0 radical (unpaired) electrons. The molecule has 0 aromatic heterocycles. The first-order valence-electron chi connectivity index (χ1n) is 5.84. The number of hydrogen-bond acceptors (Lipinski definition) is 6. The normalized spacial score (nSPS) is 14.3. The van der Waals surface area contributed by atoms with Crippen molar-refractivity contribution in [2.45, 2.75) is 0 Å². The van der Waals surface area contributed by atoms with E-state index in [0.29, 0.717) is 5.17 Å². The van der Waals surface area contributed by atoms with Crippen molar-refractivity contribution in [1.82, 2.24) is 5.32 Å². The Morgan fingerprint density at radius 2 is 2.30 bits per heavy atom. The molecule has 0 fully saturated rings. The number of thioether (sulfide) groups is 1. The van der Waals surface area contributed by atoms with Crippen molar-refractivity contribution in [3.8, 4) is 11.8 Å². The Morgan fingerprint density at radius 3 is 2.95 bits per heavy atom. The first kappa shape index (κ1) is 14.0. The van der Waals surface area contributed by atoms with Gasteiger partial charge in [-0.15, -0.1) is 0 Å². The van der Waals surface area contributed by atoms with Crippen molar-refractivity contribution in [1.29, 1.82) is 5.26 Å². The van der Waals surface area contributed by atoms with Crippen molar-refractivity contribution in [3.63, 3.8) is 0 Å². The van der Waals surface area contributed by atoms with E-state index in [2.05, 4.69) is 15.6 Å². The molecule has 1 aromatic rings. The maximum Gasteiger partial charge on any atom is 0.267 e. The first-order valence-corrected chi connectivity index (χ1v) is 6.82. The number of amides is 1. The Morgan fingerprint density at radius 1 is 1.50 bits per heavy atom. The van der Waals surface area contributed by atoms with Crippen molar-refractivity contribution >= 4 is 28.5 Å². The van der Waals surface area contributed by atoms with Crippen LogP contribution in [-0.2, 0) is 4.79 Å². The molecule has 6 nitrogen and oxygen atoms in total. The van der Waals surface area contributed by atoms with Crippen LogP contribution in [0.15, 0.2) is 41.0 Å². The van der Waals surface area contributed by atoms with E-state index in [0.717, 1.165) is 12.3 Å². The van der Waals surface area contributed by atoms with Crippen LogP contribution in [0.3, 0.4) is 0 Å². The Kier molecular flexibility index (Phi) is 4.63. The second-order valence-corrected chi connectivity index (χ2v) is 4.90. The van der Waals surface area contributed by atoms with Crippen molar-refractivity contribution in [2.75, 3.05) is 17.6 Å². The maximum absolute atomic E-state index is 11.9. The van der Waals surface area contributed by atoms with Gasteiger partial charge in [0.1, 0.15) is 17.4 Å². The van der Waals surface area contributed by atoms with E-state index in [1.165, 1.54) is 24.0 Å². The lowest BCUT2D eigenvalue weighted by Gasteiger charge is -2.06. The quantitative estimate of drug-likeness (QED) is 0.444. The molecule has 1 aliphatic heterocycles. The Balaban J connectivity index is 2.04. The van der Waals surface area contributed by atoms with Gasteiger partial charge in [-0.2, -0.15) is 5.26 Å². The summed E-state index contributed by atoms with van der Waals surface area (Å²) in [5.41, 5.74) is 0.162. The minimum Gasteiger partial charge on any atom is -0.506 e. The van der Waals surface area contributed by atoms with Crippen LogP contribution in [-0.4, -0.2) is 28.5 Å². The fraction of sp³-hybridized carbons (Fsp3) is 0.154. The molecule has 0 atom stereocenters. The van der Waals surface area contributed by atoms with Crippen LogP contribution in [0.1, 0.15) is 0 Å². The molecule has 7 heteroatoms. The van der Waals surface area contributed by atoms with Crippen LogP contribution in [0, 0.1) is 11.3 Å². The molecule has 1 heterocycles. The fourth-order valence-corrected chi connectivity index (χ4v) is 2.17. The third kappa shape index (κ3) is 3.52.